The van der Waals surface area contributed by atoms with E-state index in [-0.39, 0.29) is 47.2 Å². The fourth-order valence-corrected chi connectivity index (χ4v) is 6.40. The minimum Gasteiger partial charge on any atom is -0.459 e. The molecule has 1 amide bonds. The van der Waals surface area contributed by atoms with E-state index >= 15 is 0 Å². The first kappa shape index (κ1) is 48.0. The maximum absolute atomic E-state index is 14.9. The van der Waals surface area contributed by atoms with Crippen LogP contribution in [0.15, 0.2) is 42.7 Å². The quantitative estimate of drug-likeness (QED) is 0.0710. The van der Waals surface area contributed by atoms with Crippen LogP contribution in [0.1, 0.15) is 62.4 Å². The number of halogens is 12. The number of ether oxygens (including phenoxy) is 5. The van der Waals surface area contributed by atoms with Crippen molar-refractivity contribution in [1.29, 1.82) is 5.26 Å². The minimum absolute atomic E-state index is 0.0240. The van der Waals surface area contributed by atoms with Gasteiger partial charge < -0.3 is 28.8 Å². The third-order valence-electron chi connectivity index (χ3n) is 9.43. The Labute approximate surface area is 353 Å². The lowest BCUT2D eigenvalue weighted by molar-refractivity contribution is -0.348. The highest BCUT2D eigenvalue weighted by Crippen LogP contribution is 2.55. The number of hydrogen-bond donors (Lipinski definition) is 1. The van der Waals surface area contributed by atoms with E-state index in [0.29, 0.717) is 17.5 Å². The van der Waals surface area contributed by atoms with Crippen molar-refractivity contribution in [2.45, 2.75) is 88.3 Å². The number of aromatic nitrogens is 2. The van der Waals surface area contributed by atoms with Crippen molar-refractivity contribution in [3.8, 4) is 28.6 Å². The molecule has 1 N–H and O–H groups in total. The molecule has 2 saturated carbocycles. The lowest BCUT2D eigenvalue weighted by Crippen LogP contribution is -2.50. The fraction of sp³-hybridized carbons (Fsp3) is 0.486. The van der Waals surface area contributed by atoms with E-state index in [1.165, 1.54) is 12.1 Å². The van der Waals surface area contributed by atoms with Gasteiger partial charge in [-0.05, 0) is 76.3 Å². The van der Waals surface area contributed by atoms with Gasteiger partial charge in [0, 0.05) is 17.3 Å². The second kappa shape index (κ2) is 16.9. The van der Waals surface area contributed by atoms with Crippen LogP contribution in [0, 0.1) is 16.7 Å². The molecule has 1 unspecified atom stereocenters. The zero-order valence-corrected chi connectivity index (χ0v) is 33.6. The van der Waals surface area contributed by atoms with Crippen LogP contribution >= 0.6 is 23.2 Å². The third kappa shape index (κ3) is 10.1. The van der Waals surface area contributed by atoms with Gasteiger partial charge >= 0.3 is 36.5 Å². The molecule has 62 heavy (non-hydrogen) atoms. The predicted molar refractivity (Wildman–Crippen MR) is 191 cm³/mol. The number of nitriles is 1. The van der Waals surface area contributed by atoms with Gasteiger partial charge in [0.1, 0.15) is 28.8 Å². The highest BCUT2D eigenvalue weighted by Gasteiger charge is 2.74. The van der Waals surface area contributed by atoms with Crippen molar-refractivity contribution in [2.24, 2.45) is 5.41 Å². The summed E-state index contributed by atoms with van der Waals surface area (Å²) in [6, 6.07) is 4.88. The first-order chi connectivity index (χ1) is 28.5. The van der Waals surface area contributed by atoms with E-state index in [1.807, 2.05) is 6.07 Å². The Morgan fingerprint density at radius 1 is 0.903 bits per heavy atom. The largest absolute Gasteiger partial charge is 0.573 e. The van der Waals surface area contributed by atoms with E-state index in [9.17, 15) is 68.7 Å². The van der Waals surface area contributed by atoms with E-state index in [1.54, 1.807) is 20.8 Å². The van der Waals surface area contributed by atoms with Gasteiger partial charge in [-0.1, -0.05) is 29.3 Å². The predicted octanol–water partition coefficient (Wildman–Crippen LogP) is 9.10. The number of nitrogens with zero attached hydrogens (tertiary/aromatic N) is 4. The van der Waals surface area contributed by atoms with Crippen molar-refractivity contribution in [3.05, 3.63) is 63.9 Å². The molecule has 0 aliphatic heterocycles. The molecule has 5 rings (SSSR count). The van der Waals surface area contributed by atoms with Gasteiger partial charge in [-0.2, -0.15) is 36.7 Å². The lowest BCUT2D eigenvalue weighted by atomic mass is 9.93. The second-order valence-corrected chi connectivity index (χ2v) is 15.8. The van der Waals surface area contributed by atoms with Crippen molar-refractivity contribution < 1.29 is 87.1 Å². The van der Waals surface area contributed by atoms with Gasteiger partial charge in [-0.3, -0.25) is 14.5 Å². The van der Waals surface area contributed by atoms with Crippen molar-refractivity contribution in [1.82, 2.24) is 14.7 Å². The smallest absolute Gasteiger partial charge is 0.459 e. The average molecular weight is 938 g/mol. The topological polar surface area (TPSA) is 162 Å². The van der Waals surface area contributed by atoms with Gasteiger partial charge in [-0.25, -0.2) is 13.9 Å². The van der Waals surface area contributed by atoms with Crippen LogP contribution in [0.25, 0.3) is 16.8 Å². The summed E-state index contributed by atoms with van der Waals surface area (Å²) in [6.45, 7) is 3.25. The molecule has 0 bridgehead atoms. The highest BCUT2D eigenvalue weighted by atomic mass is 35.5. The summed E-state index contributed by atoms with van der Waals surface area (Å²) in [5, 5.41) is 22.6. The van der Waals surface area contributed by atoms with E-state index in [2.05, 4.69) is 9.84 Å². The molecule has 2 aliphatic rings. The SMILES string of the molecule is CC(C)(C)OC(=O)C1(C(O)OCCOC(=O)OCN(C(=O)c2cc(-c3cnn(-c4c(Cl)cc(C(F)(C(F)(F)F)C(F)(F)F)cc4OC(F)(F)F)c3)ccc2Cl)C2(C#N)CC2)CC1. The Morgan fingerprint density at radius 3 is 2.06 bits per heavy atom. The molecule has 1 atom stereocenters. The summed E-state index contributed by atoms with van der Waals surface area (Å²) >= 11 is 12.2. The van der Waals surface area contributed by atoms with Crippen LogP contribution in [0.5, 0.6) is 5.75 Å². The van der Waals surface area contributed by atoms with Crippen LogP contribution in [0.3, 0.4) is 0 Å². The summed E-state index contributed by atoms with van der Waals surface area (Å²) in [7, 11) is 0. The number of carbonyl (C=O) groups is 3. The molecule has 338 valence electrons. The fourth-order valence-electron chi connectivity index (χ4n) is 5.90. The molecule has 1 heterocycles. The number of carbonyl (C=O) groups excluding carboxylic acids is 3. The molecule has 0 spiro atoms. The summed E-state index contributed by atoms with van der Waals surface area (Å²) in [6.07, 6.45) is -19.4. The van der Waals surface area contributed by atoms with Crippen molar-refractivity contribution >= 4 is 41.2 Å². The van der Waals surface area contributed by atoms with Gasteiger partial charge in [0.2, 0.25) is 0 Å². The summed E-state index contributed by atoms with van der Waals surface area (Å²) in [5.74, 6) is -3.42. The Morgan fingerprint density at radius 2 is 1.53 bits per heavy atom. The molecule has 1 aromatic heterocycles. The Hall–Kier alpha value is -5.05. The Balaban J connectivity index is 1.33. The number of amides is 1. The summed E-state index contributed by atoms with van der Waals surface area (Å²) in [5.41, 5.74) is -13.5. The molecule has 2 aromatic carbocycles. The van der Waals surface area contributed by atoms with Crippen LogP contribution in [0.4, 0.5) is 48.7 Å². The molecular formula is C37H32Cl2F10N4O9. The number of aliphatic hydroxyl groups excluding tert-OH is 1. The van der Waals surface area contributed by atoms with E-state index in [0.717, 1.165) is 23.4 Å². The summed E-state index contributed by atoms with van der Waals surface area (Å²) < 4.78 is 161. The molecule has 13 nitrogen and oxygen atoms in total. The second-order valence-electron chi connectivity index (χ2n) is 15.0. The molecule has 0 saturated heterocycles. The first-order valence-corrected chi connectivity index (χ1v) is 18.6. The molecule has 25 heteroatoms. The number of benzene rings is 2. The maximum Gasteiger partial charge on any atom is 0.573 e. The van der Waals surface area contributed by atoms with Gasteiger partial charge in [0.25, 0.3) is 5.91 Å². The lowest BCUT2D eigenvalue weighted by Gasteiger charge is -2.31. The van der Waals surface area contributed by atoms with Gasteiger partial charge in [0.15, 0.2) is 18.8 Å². The zero-order chi connectivity index (χ0) is 46.4. The number of hydrogen-bond acceptors (Lipinski definition) is 11. The van der Waals surface area contributed by atoms with Crippen LogP contribution < -0.4 is 4.74 Å². The van der Waals surface area contributed by atoms with Crippen LogP contribution in [0.2, 0.25) is 10.0 Å². The third-order valence-corrected chi connectivity index (χ3v) is 10.0. The minimum atomic E-state index is -6.71. The van der Waals surface area contributed by atoms with E-state index < -0.39 is 107 Å². The first-order valence-electron chi connectivity index (χ1n) is 17.8. The number of esters is 1. The normalized spacial score (nSPS) is 16.4. The zero-order valence-electron chi connectivity index (χ0n) is 32.1. The Kier molecular flexibility index (Phi) is 13.1. The molecule has 2 aliphatic carbocycles. The summed E-state index contributed by atoms with van der Waals surface area (Å²) in [4.78, 5) is 39.8. The molecule has 2 fully saturated rings. The van der Waals surface area contributed by atoms with Gasteiger partial charge in [0.05, 0.1) is 34.5 Å². The number of aliphatic hydroxyl groups is 1. The standard InChI is InChI=1S/C37H32Cl2F10N4O9/c1-31(2,3)62-29(56)33(8-9-33)28(55)58-10-11-59-30(57)60-18-52(32(17-50)6-7-32)27(54)22-12-19(4-5-23(22)38)20-15-51-53(16-20)26-24(39)13-21(14-25(26)61-37(47,48)49)34(40,35(41,42)43)36(44,45)46/h4-5,12-16,28,55H,6-11,18H2,1-3H3. The van der Waals surface area contributed by atoms with Crippen LogP contribution in [-0.4, -0.2) is 93.9 Å². The molecular weight excluding hydrogens is 905 g/mol. The van der Waals surface area contributed by atoms with Crippen LogP contribution in [-0.2, 0) is 29.4 Å². The number of rotatable bonds is 14. The van der Waals surface area contributed by atoms with Crippen molar-refractivity contribution in [3.63, 3.8) is 0 Å². The molecule has 0 radical (unpaired) electrons. The average Bonchev–Trinajstić information content (AvgIpc) is 4.07. The number of alkyl halides is 10. The highest BCUT2D eigenvalue weighted by molar-refractivity contribution is 6.34. The van der Waals surface area contributed by atoms with Crippen molar-refractivity contribution in [2.75, 3.05) is 19.9 Å². The van der Waals surface area contributed by atoms with E-state index in [4.69, 9.17) is 42.1 Å². The monoisotopic (exact) mass is 936 g/mol. The van der Waals surface area contributed by atoms with Gasteiger partial charge in [-0.15, -0.1) is 13.2 Å². The molecule has 3 aromatic rings. The maximum atomic E-state index is 14.9. The Bertz CT molecular complexity index is 2230.